The van der Waals surface area contributed by atoms with Crippen LogP contribution in [0.1, 0.15) is 38.2 Å². The Labute approximate surface area is 152 Å². The van der Waals surface area contributed by atoms with Gasteiger partial charge in [-0.15, -0.1) is 10.2 Å². The van der Waals surface area contributed by atoms with Crippen LogP contribution in [0.4, 0.5) is 5.82 Å². The predicted molar refractivity (Wildman–Crippen MR) is 98.4 cm³/mol. The van der Waals surface area contributed by atoms with Crippen molar-refractivity contribution >= 4 is 11.7 Å². The van der Waals surface area contributed by atoms with Crippen LogP contribution in [0, 0.1) is 0 Å². The molecule has 1 aliphatic heterocycles. The van der Waals surface area contributed by atoms with Crippen LogP contribution in [-0.4, -0.2) is 49.9 Å². The highest BCUT2D eigenvalue weighted by atomic mass is 16.3. The minimum absolute atomic E-state index is 0.142. The molecular weight excluding hydrogens is 332 g/mol. The molecule has 1 aromatic heterocycles. The summed E-state index contributed by atoms with van der Waals surface area (Å²) in [6.45, 7) is 4.12. The van der Waals surface area contributed by atoms with Gasteiger partial charge in [-0.25, -0.2) is 0 Å². The van der Waals surface area contributed by atoms with Gasteiger partial charge in [0, 0.05) is 24.2 Å². The van der Waals surface area contributed by atoms with Crippen molar-refractivity contribution in [3.8, 4) is 17.0 Å². The second kappa shape index (κ2) is 6.92. The number of benzene rings is 1. The van der Waals surface area contributed by atoms with Crippen LogP contribution in [0.15, 0.2) is 30.3 Å². The van der Waals surface area contributed by atoms with Gasteiger partial charge in [0.1, 0.15) is 17.2 Å². The molecule has 7 heteroatoms. The fourth-order valence-corrected chi connectivity index (χ4v) is 3.34. The van der Waals surface area contributed by atoms with Crippen molar-refractivity contribution < 1.29 is 15.0 Å². The zero-order valence-corrected chi connectivity index (χ0v) is 15.0. The molecule has 1 amide bonds. The van der Waals surface area contributed by atoms with Crippen LogP contribution < -0.4 is 5.73 Å². The lowest BCUT2D eigenvalue weighted by molar-refractivity contribution is -0.148. The number of aromatic hydroxyl groups is 1. The molecule has 1 fully saturated rings. The van der Waals surface area contributed by atoms with Crippen LogP contribution in [0.2, 0.25) is 0 Å². The van der Waals surface area contributed by atoms with Crippen LogP contribution in [-0.2, 0) is 4.79 Å². The van der Waals surface area contributed by atoms with Gasteiger partial charge in [0.05, 0.1) is 5.69 Å². The second-order valence-electron chi connectivity index (χ2n) is 7.21. The molecule has 1 aliphatic rings. The number of nitrogen functional groups attached to an aromatic ring is 1. The topological polar surface area (TPSA) is 113 Å². The fraction of sp³-hybridized carbons (Fsp3) is 0.421. The first-order valence-corrected chi connectivity index (χ1v) is 8.70. The number of carbonyl (C=O) groups excluding carboxylic acids is 1. The molecule has 2 heterocycles. The molecule has 2 aromatic rings. The predicted octanol–water partition coefficient (Wildman–Crippen LogP) is 1.91. The Morgan fingerprint density at radius 3 is 2.50 bits per heavy atom. The van der Waals surface area contributed by atoms with Gasteiger partial charge in [0.2, 0.25) is 0 Å². The quantitative estimate of drug-likeness (QED) is 0.774. The van der Waals surface area contributed by atoms with Crippen LogP contribution >= 0.6 is 0 Å². The third-order valence-electron chi connectivity index (χ3n) is 4.78. The van der Waals surface area contributed by atoms with Crippen molar-refractivity contribution in [2.45, 2.75) is 38.2 Å². The van der Waals surface area contributed by atoms with E-state index >= 15 is 0 Å². The molecule has 138 valence electrons. The molecule has 0 atom stereocenters. The molecule has 0 unspecified atom stereocenters. The third-order valence-corrected chi connectivity index (χ3v) is 4.78. The number of phenols is 1. The summed E-state index contributed by atoms with van der Waals surface area (Å²) in [7, 11) is 0. The number of phenolic OH excluding ortho intramolecular Hbond substituents is 1. The molecule has 0 aliphatic carbocycles. The number of nitrogens with two attached hydrogens (primary N) is 1. The van der Waals surface area contributed by atoms with Gasteiger partial charge < -0.3 is 20.8 Å². The maximum Gasteiger partial charge on any atom is 0.253 e. The molecule has 4 N–H and O–H groups in total. The first-order valence-electron chi connectivity index (χ1n) is 8.70. The van der Waals surface area contributed by atoms with Crippen LogP contribution in [0.5, 0.6) is 5.75 Å². The highest BCUT2D eigenvalue weighted by Gasteiger charge is 2.33. The fourth-order valence-electron chi connectivity index (χ4n) is 3.34. The molecular formula is C19H24N4O3. The smallest absolute Gasteiger partial charge is 0.253 e. The largest absolute Gasteiger partial charge is 0.507 e. The molecule has 0 spiro atoms. The molecule has 7 nitrogen and oxygen atoms in total. The summed E-state index contributed by atoms with van der Waals surface area (Å²) in [6, 6.07) is 8.83. The van der Waals surface area contributed by atoms with Crippen LogP contribution in [0.3, 0.4) is 0 Å². The lowest BCUT2D eigenvalue weighted by atomic mass is 9.88. The van der Waals surface area contributed by atoms with E-state index < -0.39 is 5.60 Å². The van der Waals surface area contributed by atoms with Crippen molar-refractivity contribution in [1.82, 2.24) is 15.1 Å². The van der Waals surface area contributed by atoms with E-state index in [-0.39, 0.29) is 17.6 Å². The number of hydrogen-bond acceptors (Lipinski definition) is 6. The van der Waals surface area contributed by atoms with Crippen molar-refractivity contribution in [1.29, 1.82) is 0 Å². The second-order valence-corrected chi connectivity index (χ2v) is 7.21. The van der Waals surface area contributed by atoms with E-state index in [9.17, 15) is 15.0 Å². The van der Waals surface area contributed by atoms with Gasteiger partial charge in [0.25, 0.3) is 5.91 Å². The number of nitrogens with zero attached hydrogens (tertiary/aromatic N) is 3. The summed E-state index contributed by atoms with van der Waals surface area (Å²) in [5, 5.41) is 28.1. The number of hydrogen-bond donors (Lipinski definition) is 3. The first kappa shape index (κ1) is 18.1. The van der Waals surface area contributed by atoms with E-state index in [2.05, 4.69) is 10.2 Å². The summed E-state index contributed by atoms with van der Waals surface area (Å²) in [5.41, 5.74) is 6.75. The maximum atomic E-state index is 12.2. The number of amides is 1. The number of piperidine rings is 1. The Morgan fingerprint density at radius 2 is 1.88 bits per heavy atom. The highest BCUT2D eigenvalue weighted by Crippen LogP contribution is 2.35. The van der Waals surface area contributed by atoms with Gasteiger partial charge in [-0.1, -0.05) is 12.1 Å². The number of para-hydroxylation sites is 1. The average molecular weight is 356 g/mol. The van der Waals surface area contributed by atoms with Gasteiger partial charge >= 0.3 is 0 Å². The van der Waals surface area contributed by atoms with Crippen molar-refractivity contribution in [3.05, 3.63) is 35.9 Å². The van der Waals surface area contributed by atoms with E-state index in [1.54, 1.807) is 23.1 Å². The number of rotatable bonds is 3. The Bertz CT molecular complexity index is 809. The minimum Gasteiger partial charge on any atom is -0.507 e. The Kier molecular flexibility index (Phi) is 4.82. The molecule has 26 heavy (non-hydrogen) atoms. The van der Waals surface area contributed by atoms with Crippen molar-refractivity contribution in [2.24, 2.45) is 0 Å². The maximum absolute atomic E-state index is 12.2. The van der Waals surface area contributed by atoms with Gasteiger partial charge in [0.15, 0.2) is 0 Å². The summed E-state index contributed by atoms with van der Waals surface area (Å²) in [4.78, 5) is 13.9. The number of carbonyl (C=O) groups is 1. The summed E-state index contributed by atoms with van der Waals surface area (Å²) < 4.78 is 0. The lowest BCUT2D eigenvalue weighted by Crippen LogP contribution is -2.48. The monoisotopic (exact) mass is 356 g/mol. The summed E-state index contributed by atoms with van der Waals surface area (Å²) in [6.07, 6.45) is 1.47. The van der Waals surface area contributed by atoms with E-state index in [1.165, 1.54) is 13.8 Å². The Hall–Kier alpha value is -2.67. The van der Waals surface area contributed by atoms with Gasteiger partial charge in [-0.3, -0.25) is 4.79 Å². The lowest BCUT2D eigenvalue weighted by Gasteiger charge is -2.35. The standard InChI is InChI=1S/C19H24N4O3/c1-19(2,26)18(25)23-9-7-12(8-10-23)14-11-15(21-22-17(14)20)13-5-3-4-6-16(13)24/h3-6,11-12,24,26H,7-10H2,1-2H3,(H2,20,22). The number of likely N-dealkylation sites (tertiary alicyclic amines) is 1. The summed E-state index contributed by atoms with van der Waals surface area (Å²) >= 11 is 0. The molecule has 1 aromatic carbocycles. The minimum atomic E-state index is -1.36. The third kappa shape index (κ3) is 3.62. The van der Waals surface area contributed by atoms with E-state index in [1.807, 2.05) is 12.1 Å². The van der Waals surface area contributed by atoms with E-state index in [4.69, 9.17) is 5.73 Å². The molecule has 0 saturated carbocycles. The Morgan fingerprint density at radius 1 is 1.23 bits per heavy atom. The van der Waals surface area contributed by atoms with Crippen molar-refractivity contribution in [3.63, 3.8) is 0 Å². The molecule has 1 saturated heterocycles. The highest BCUT2D eigenvalue weighted by molar-refractivity contribution is 5.84. The first-order chi connectivity index (χ1) is 12.3. The number of aromatic nitrogens is 2. The average Bonchev–Trinajstić information content (AvgIpc) is 2.61. The summed E-state index contributed by atoms with van der Waals surface area (Å²) in [5.74, 6) is 0.409. The zero-order chi connectivity index (χ0) is 18.9. The van der Waals surface area contributed by atoms with Crippen LogP contribution in [0.25, 0.3) is 11.3 Å². The number of aliphatic hydroxyl groups is 1. The van der Waals surface area contributed by atoms with E-state index in [0.29, 0.717) is 30.2 Å². The molecule has 3 rings (SSSR count). The van der Waals surface area contributed by atoms with Gasteiger partial charge in [-0.05, 0) is 50.8 Å². The van der Waals surface area contributed by atoms with Gasteiger partial charge in [-0.2, -0.15) is 0 Å². The molecule has 0 radical (unpaired) electrons. The normalized spacial score (nSPS) is 15.9. The Balaban J connectivity index is 1.80. The number of anilines is 1. The van der Waals surface area contributed by atoms with Crippen molar-refractivity contribution in [2.75, 3.05) is 18.8 Å². The molecule has 0 bridgehead atoms. The SMILES string of the molecule is CC(C)(O)C(=O)N1CCC(c2cc(-c3ccccc3O)nnc2N)CC1. The zero-order valence-electron chi connectivity index (χ0n) is 15.0. The van der Waals surface area contributed by atoms with E-state index in [0.717, 1.165) is 18.4 Å².